The van der Waals surface area contributed by atoms with E-state index in [0.717, 1.165) is 5.57 Å². The number of hydrogen-bond acceptors (Lipinski definition) is 6. The van der Waals surface area contributed by atoms with Crippen molar-refractivity contribution >= 4 is 11.9 Å². The molecule has 1 aliphatic heterocycles. The van der Waals surface area contributed by atoms with Gasteiger partial charge in [-0.25, -0.2) is 4.79 Å². The lowest BCUT2D eigenvalue weighted by molar-refractivity contribution is -0.140. The average molecular weight is 322 g/mol. The van der Waals surface area contributed by atoms with Crippen LogP contribution in [-0.2, 0) is 19.1 Å². The normalized spacial score (nSPS) is 42.4. The summed E-state index contributed by atoms with van der Waals surface area (Å²) in [4.78, 5) is 23.0. The summed E-state index contributed by atoms with van der Waals surface area (Å²) in [7, 11) is 0. The van der Waals surface area contributed by atoms with Crippen LogP contribution in [0.25, 0.3) is 0 Å². The Hall–Kier alpha value is -1.66. The molecule has 126 valence electrons. The van der Waals surface area contributed by atoms with Gasteiger partial charge in [0.25, 0.3) is 0 Å². The van der Waals surface area contributed by atoms with E-state index in [9.17, 15) is 19.8 Å². The number of aliphatic hydroxyl groups is 2. The van der Waals surface area contributed by atoms with E-state index in [2.05, 4.69) is 6.58 Å². The Kier molecular flexibility index (Phi) is 3.84. The van der Waals surface area contributed by atoms with Crippen LogP contribution in [0.2, 0.25) is 0 Å². The molecule has 2 fully saturated rings. The largest absolute Gasteiger partial charge is 0.461 e. The van der Waals surface area contributed by atoms with Crippen LogP contribution in [-0.4, -0.2) is 46.6 Å². The van der Waals surface area contributed by atoms with Crippen molar-refractivity contribution in [2.24, 2.45) is 17.8 Å². The molecule has 1 heterocycles. The highest BCUT2D eigenvalue weighted by atomic mass is 16.6. The molecule has 3 aliphatic rings. The molecule has 0 unspecified atom stereocenters. The molecule has 1 saturated carbocycles. The van der Waals surface area contributed by atoms with E-state index in [1.807, 2.05) is 0 Å². The highest BCUT2D eigenvalue weighted by molar-refractivity contribution is 5.91. The number of carbonyl (C=O) groups excluding carboxylic acids is 2. The maximum absolute atomic E-state index is 11.8. The minimum atomic E-state index is -1.06. The summed E-state index contributed by atoms with van der Waals surface area (Å²) >= 11 is 0. The summed E-state index contributed by atoms with van der Waals surface area (Å²) in [5, 5.41) is 21.6. The summed E-state index contributed by atoms with van der Waals surface area (Å²) in [6.07, 6.45) is 1.42. The van der Waals surface area contributed by atoms with Gasteiger partial charge in [0.1, 0.15) is 12.7 Å². The zero-order chi connectivity index (χ0) is 16.9. The molecule has 0 aromatic carbocycles. The van der Waals surface area contributed by atoms with Gasteiger partial charge < -0.3 is 19.7 Å². The first-order valence-corrected chi connectivity index (χ1v) is 7.86. The van der Waals surface area contributed by atoms with Crippen LogP contribution < -0.4 is 0 Å². The van der Waals surface area contributed by atoms with E-state index in [-0.39, 0.29) is 18.1 Å². The number of fused-ring (bicyclic) bond motifs is 2. The van der Waals surface area contributed by atoms with E-state index in [4.69, 9.17) is 9.47 Å². The molecular formula is C17H22O6. The van der Waals surface area contributed by atoms with Gasteiger partial charge in [-0.3, -0.25) is 4.79 Å². The number of ether oxygens (including phenoxy) is 2. The van der Waals surface area contributed by atoms with Crippen LogP contribution in [0.15, 0.2) is 23.8 Å². The Bertz CT molecular complexity index is 590. The van der Waals surface area contributed by atoms with E-state index in [1.165, 1.54) is 6.92 Å². The van der Waals surface area contributed by atoms with Crippen molar-refractivity contribution < 1.29 is 29.3 Å². The van der Waals surface area contributed by atoms with Crippen molar-refractivity contribution in [3.05, 3.63) is 23.8 Å². The molecule has 6 heteroatoms. The number of esters is 2. The molecule has 0 aromatic rings. The number of aliphatic hydroxyl groups excluding tert-OH is 1. The van der Waals surface area contributed by atoms with Crippen LogP contribution in [0.4, 0.5) is 0 Å². The molecule has 2 aliphatic carbocycles. The first-order chi connectivity index (χ1) is 10.7. The molecule has 0 radical (unpaired) electrons. The van der Waals surface area contributed by atoms with Crippen LogP contribution in [0.5, 0.6) is 0 Å². The maximum Gasteiger partial charge on any atom is 0.334 e. The first-order valence-electron chi connectivity index (χ1n) is 7.86. The van der Waals surface area contributed by atoms with Gasteiger partial charge in [0.2, 0.25) is 0 Å². The van der Waals surface area contributed by atoms with Gasteiger partial charge in [0.05, 0.1) is 17.6 Å². The third-order valence-electron chi connectivity index (χ3n) is 5.41. The van der Waals surface area contributed by atoms with E-state index >= 15 is 0 Å². The number of rotatable bonds is 2. The Morgan fingerprint density at radius 1 is 1.57 bits per heavy atom. The molecule has 0 bridgehead atoms. The predicted octanol–water partition coefficient (Wildman–Crippen LogP) is 0.725. The predicted molar refractivity (Wildman–Crippen MR) is 80.1 cm³/mol. The molecule has 0 spiro atoms. The fourth-order valence-electron chi connectivity index (χ4n) is 4.29. The Morgan fingerprint density at radius 2 is 2.26 bits per heavy atom. The summed E-state index contributed by atoms with van der Waals surface area (Å²) in [6, 6.07) is 0. The Morgan fingerprint density at radius 3 is 2.91 bits per heavy atom. The summed E-state index contributed by atoms with van der Waals surface area (Å²) < 4.78 is 10.4. The lowest BCUT2D eigenvalue weighted by Crippen LogP contribution is -2.45. The van der Waals surface area contributed by atoms with Gasteiger partial charge in [-0.1, -0.05) is 6.58 Å². The lowest BCUT2D eigenvalue weighted by atomic mass is 9.75. The second-order valence-electron chi connectivity index (χ2n) is 6.96. The van der Waals surface area contributed by atoms with Gasteiger partial charge in [-0.05, 0) is 37.3 Å². The second kappa shape index (κ2) is 5.46. The second-order valence-corrected chi connectivity index (χ2v) is 6.96. The first kappa shape index (κ1) is 16.2. The summed E-state index contributed by atoms with van der Waals surface area (Å²) in [5.74, 6) is -2.07. The van der Waals surface area contributed by atoms with Crippen LogP contribution in [0.3, 0.4) is 0 Å². The zero-order valence-corrected chi connectivity index (χ0v) is 13.3. The molecule has 23 heavy (non-hydrogen) atoms. The minimum absolute atomic E-state index is 0.0759. The van der Waals surface area contributed by atoms with Crippen molar-refractivity contribution in [3.8, 4) is 0 Å². The van der Waals surface area contributed by atoms with Crippen molar-refractivity contribution in [2.75, 3.05) is 6.61 Å². The average Bonchev–Trinajstić information content (AvgIpc) is 2.86. The molecule has 2 N–H and O–H groups in total. The Labute approximate surface area is 134 Å². The molecule has 0 amide bonds. The van der Waals surface area contributed by atoms with E-state index < -0.39 is 41.6 Å². The zero-order valence-electron chi connectivity index (χ0n) is 13.3. The van der Waals surface area contributed by atoms with Crippen LogP contribution in [0, 0.1) is 17.8 Å². The van der Waals surface area contributed by atoms with E-state index in [0.29, 0.717) is 12.8 Å². The van der Waals surface area contributed by atoms with Gasteiger partial charge in [0, 0.05) is 18.4 Å². The topological polar surface area (TPSA) is 93.1 Å². The molecule has 0 aromatic heterocycles. The number of hydrogen-bond donors (Lipinski definition) is 2. The third kappa shape index (κ3) is 2.60. The minimum Gasteiger partial charge on any atom is -0.461 e. The third-order valence-corrected chi connectivity index (χ3v) is 5.41. The molecule has 1 saturated heterocycles. The van der Waals surface area contributed by atoms with Gasteiger partial charge >= 0.3 is 11.9 Å². The lowest BCUT2D eigenvalue weighted by Gasteiger charge is -2.35. The van der Waals surface area contributed by atoms with Crippen molar-refractivity contribution in [1.82, 2.24) is 0 Å². The SMILES string of the molecule is C=C1C(=O)O[C@@H]2C=C(COC(C)=O)[C@H]3CC[C@@](C)(O)[C@@H]3[C@H](O)[C@H]12. The van der Waals surface area contributed by atoms with E-state index in [1.54, 1.807) is 13.0 Å². The molecule has 3 rings (SSSR count). The van der Waals surface area contributed by atoms with Crippen molar-refractivity contribution in [1.29, 1.82) is 0 Å². The molecular weight excluding hydrogens is 300 g/mol. The smallest absolute Gasteiger partial charge is 0.334 e. The fourth-order valence-corrected chi connectivity index (χ4v) is 4.29. The Balaban J connectivity index is 2.00. The van der Waals surface area contributed by atoms with Crippen LogP contribution >= 0.6 is 0 Å². The van der Waals surface area contributed by atoms with Crippen molar-refractivity contribution in [2.45, 2.75) is 44.5 Å². The number of carbonyl (C=O) groups is 2. The monoisotopic (exact) mass is 322 g/mol. The quantitative estimate of drug-likeness (QED) is 0.442. The van der Waals surface area contributed by atoms with Gasteiger partial charge in [-0.2, -0.15) is 0 Å². The molecule has 6 atom stereocenters. The summed E-state index contributed by atoms with van der Waals surface area (Å²) in [6.45, 7) is 6.85. The summed E-state index contributed by atoms with van der Waals surface area (Å²) in [5.41, 5.74) is -0.0359. The van der Waals surface area contributed by atoms with Gasteiger partial charge in [0.15, 0.2) is 0 Å². The van der Waals surface area contributed by atoms with Crippen molar-refractivity contribution in [3.63, 3.8) is 0 Å². The highest BCUT2D eigenvalue weighted by Gasteiger charge is 2.56. The highest BCUT2D eigenvalue weighted by Crippen LogP contribution is 2.51. The van der Waals surface area contributed by atoms with Gasteiger partial charge in [-0.15, -0.1) is 0 Å². The maximum atomic E-state index is 11.8. The van der Waals surface area contributed by atoms with Crippen LogP contribution in [0.1, 0.15) is 26.7 Å². The molecule has 6 nitrogen and oxygen atoms in total. The fraction of sp³-hybridized carbons (Fsp3) is 0.647. The standard InChI is InChI=1S/C17H22O6/c1-8-13-12(23-16(8)20)6-10(7-22-9(2)18)11-4-5-17(3,21)14(11)15(13)19/h6,11-15,19,21H,1,4-5,7H2,2-3H3/t11-,12-,13-,14+,15-,17-/m1/s1.